The Kier molecular flexibility index (Phi) is 4.60. The molecular formula is C16H16O4. The molecule has 0 aliphatic heterocycles. The molecule has 0 amide bonds. The van der Waals surface area contributed by atoms with Crippen LogP contribution in [0, 0.1) is 0 Å². The summed E-state index contributed by atoms with van der Waals surface area (Å²) in [4.78, 5) is 11.8. The summed E-state index contributed by atoms with van der Waals surface area (Å²) >= 11 is 0. The van der Waals surface area contributed by atoms with E-state index in [4.69, 9.17) is 14.2 Å². The fourth-order valence-electron chi connectivity index (χ4n) is 1.76. The monoisotopic (exact) mass is 272 g/mol. The number of rotatable bonds is 5. The highest BCUT2D eigenvalue weighted by molar-refractivity contribution is 5.89. The second-order valence-electron chi connectivity index (χ2n) is 4.16. The number of hydrogen-bond donors (Lipinski definition) is 0. The number of benzene rings is 2. The van der Waals surface area contributed by atoms with Gasteiger partial charge < -0.3 is 14.2 Å². The molecule has 0 fully saturated rings. The Bertz CT molecular complexity index is 556. The zero-order chi connectivity index (χ0) is 14.4. The lowest BCUT2D eigenvalue weighted by Gasteiger charge is -2.09. The van der Waals surface area contributed by atoms with E-state index in [1.54, 1.807) is 56.7 Å². The summed E-state index contributed by atoms with van der Waals surface area (Å²) in [6.45, 7) is 0.168. The maximum Gasteiger partial charge on any atom is 0.338 e. The molecule has 0 bridgehead atoms. The molecule has 0 saturated carbocycles. The largest absolute Gasteiger partial charge is 0.497 e. The van der Waals surface area contributed by atoms with Gasteiger partial charge in [-0.2, -0.15) is 0 Å². The molecule has 0 unspecified atom stereocenters. The summed E-state index contributed by atoms with van der Waals surface area (Å²) in [5.41, 5.74) is 1.34. The van der Waals surface area contributed by atoms with Gasteiger partial charge in [-0.15, -0.1) is 0 Å². The normalized spacial score (nSPS) is 9.90. The first-order valence-corrected chi connectivity index (χ1v) is 6.17. The van der Waals surface area contributed by atoms with Crippen LogP contribution in [-0.2, 0) is 11.3 Å². The van der Waals surface area contributed by atoms with Gasteiger partial charge in [0.05, 0.1) is 19.8 Å². The Hall–Kier alpha value is -2.49. The van der Waals surface area contributed by atoms with Crippen molar-refractivity contribution in [1.29, 1.82) is 0 Å². The second kappa shape index (κ2) is 6.61. The standard InChI is InChI=1S/C16H16O4/c1-18-14-8-12(9-15(10-14)19-2)11-20-16(17)13-6-4-3-5-7-13/h3-10H,11H2,1-2H3. The summed E-state index contributed by atoms with van der Waals surface area (Å²) in [6.07, 6.45) is 0. The van der Waals surface area contributed by atoms with E-state index in [9.17, 15) is 4.79 Å². The van der Waals surface area contributed by atoms with Gasteiger partial charge in [-0.1, -0.05) is 18.2 Å². The van der Waals surface area contributed by atoms with Gasteiger partial charge in [0, 0.05) is 6.07 Å². The summed E-state index contributed by atoms with van der Waals surface area (Å²) in [5.74, 6) is 0.970. The zero-order valence-electron chi connectivity index (χ0n) is 11.5. The van der Waals surface area contributed by atoms with Crippen LogP contribution in [0.2, 0.25) is 0 Å². The molecule has 0 heterocycles. The van der Waals surface area contributed by atoms with Gasteiger partial charge in [-0.3, -0.25) is 0 Å². The molecule has 0 radical (unpaired) electrons. The highest BCUT2D eigenvalue weighted by Gasteiger charge is 2.08. The number of methoxy groups -OCH3 is 2. The van der Waals surface area contributed by atoms with E-state index in [2.05, 4.69) is 0 Å². The van der Waals surface area contributed by atoms with Gasteiger partial charge in [0.25, 0.3) is 0 Å². The van der Waals surface area contributed by atoms with Crippen molar-refractivity contribution in [2.45, 2.75) is 6.61 Å². The Morgan fingerprint density at radius 3 is 2.10 bits per heavy atom. The van der Waals surface area contributed by atoms with Crippen molar-refractivity contribution in [2.24, 2.45) is 0 Å². The predicted molar refractivity (Wildman–Crippen MR) is 75.1 cm³/mol. The molecule has 2 aromatic carbocycles. The molecule has 0 aliphatic carbocycles. The van der Waals surface area contributed by atoms with Crippen molar-refractivity contribution in [3.8, 4) is 11.5 Å². The van der Waals surface area contributed by atoms with Gasteiger partial charge >= 0.3 is 5.97 Å². The van der Waals surface area contributed by atoms with E-state index < -0.39 is 0 Å². The predicted octanol–water partition coefficient (Wildman–Crippen LogP) is 3.06. The third-order valence-corrected chi connectivity index (χ3v) is 2.79. The van der Waals surface area contributed by atoms with Gasteiger partial charge in [0.1, 0.15) is 18.1 Å². The van der Waals surface area contributed by atoms with Crippen LogP contribution in [-0.4, -0.2) is 20.2 Å². The summed E-state index contributed by atoms with van der Waals surface area (Å²) in [6, 6.07) is 14.3. The van der Waals surface area contributed by atoms with E-state index in [-0.39, 0.29) is 12.6 Å². The lowest BCUT2D eigenvalue weighted by Crippen LogP contribution is -2.05. The Labute approximate surface area is 117 Å². The van der Waals surface area contributed by atoms with Crippen LogP contribution in [0.5, 0.6) is 11.5 Å². The van der Waals surface area contributed by atoms with Crippen LogP contribution >= 0.6 is 0 Å². The van der Waals surface area contributed by atoms with Crippen molar-refractivity contribution in [1.82, 2.24) is 0 Å². The maximum absolute atomic E-state index is 11.8. The van der Waals surface area contributed by atoms with Gasteiger partial charge in [-0.05, 0) is 29.8 Å². The van der Waals surface area contributed by atoms with Crippen LogP contribution in [0.25, 0.3) is 0 Å². The Morgan fingerprint density at radius 2 is 1.55 bits per heavy atom. The third kappa shape index (κ3) is 3.51. The number of ether oxygens (including phenoxy) is 3. The van der Waals surface area contributed by atoms with E-state index in [0.717, 1.165) is 5.56 Å². The highest BCUT2D eigenvalue weighted by Crippen LogP contribution is 2.23. The minimum Gasteiger partial charge on any atom is -0.497 e. The second-order valence-corrected chi connectivity index (χ2v) is 4.16. The highest BCUT2D eigenvalue weighted by atomic mass is 16.5. The van der Waals surface area contributed by atoms with Crippen molar-refractivity contribution >= 4 is 5.97 Å². The summed E-state index contributed by atoms with van der Waals surface area (Å²) in [5, 5.41) is 0. The van der Waals surface area contributed by atoms with Crippen molar-refractivity contribution in [3.05, 3.63) is 59.7 Å². The van der Waals surface area contributed by atoms with E-state index >= 15 is 0 Å². The summed E-state index contributed by atoms with van der Waals surface area (Å²) < 4.78 is 15.6. The van der Waals surface area contributed by atoms with Gasteiger partial charge in [-0.25, -0.2) is 4.79 Å². The third-order valence-electron chi connectivity index (χ3n) is 2.79. The van der Waals surface area contributed by atoms with E-state index in [1.807, 2.05) is 6.07 Å². The smallest absolute Gasteiger partial charge is 0.338 e. The minimum atomic E-state index is -0.354. The number of carbonyl (C=O) groups excluding carboxylic acids is 1. The molecule has 2 rings (SSSR count). The van der Waals surface area contributed by atoms with E-state index in [0.29, 0.717) is 17.1 Å². The molecule has 0 N–H and O–H groups in total. The first-order chi connectivity index (χ1) is 9.72. The molecule has 0 saturated heterocycles. The first-order valence-electron chi connectivity index (χ1n) is 6.17. The van der Waals surface area contributed by atoms with Gasteiger partial charge in [0.15, 0.2) is 0 Å². The lowest BCUT2D eigenvalue weighted by atomic mass is 10.2. The summed E-state index contributed by atoms with van der Waals surface area (Å²) in [7, 11) is 3.16. The molecule has 0 atom stereocenters. The van der Waals surface area contributed by atoms with Crippen LogP contribution in [0.4, 0.5) is 0 Å². The maximum atomic E-state index is 11.8. The SMILES string of the molecule is COc1cc(COC(=O)c2ccccc2)cc(OC)c1. The minimum absolute atomic E-state index is 0.168. The van der Waals surface area contributed by atoms with Crippen LogP contribution in [0.3, 0.4) is 0 Å². The van der Waals surface area contributed by atoms with Crippen LogP contribution < -0.4 is 9.47 Å². The number of esters is 1. The van der Waals surface area contributed by atoms with Crippen molar-refractivity contribution in [3.63, 3.8) is 0 Å². The molecule has 20 heavy (non-hydrogen) atoms. The van der Waals surface area contributed by atoms with Gasteiger partial charge in [0.2, 0.25) is 0 Å². The average molecular weight is 272 g/mol. The Morgan fingerprint density at radius 1 is 0.950 bits per heavy atom. The molecule has 0 aliphatic rings. The fourth-order valence-corrected chi connectivity index (χ4v) is 1.76. The van der Waals surface area contributed by atoms with Crippen LogP contribution in [0.15, 0.2) is 48.5 Å². The average Bonchev–Trinajstić information content (AvgIpc) is 2.53. The molecular weight excluding hydrogens is 256 g/mol. The van der Waals surface area contributed by atoms with Crippen molar-refractivity contribution in [2.75, 3.05) is 14.2 Å². The molecule has 0 aromatic heterocycles. The van der Waals surface area contributed by atoms with Crippen molar-refractivity contribution < 1.29 is 19.0 Å². The lowest BCUT2D eigenvalue weighted by molar-refractivity contribution is 0.0472. The quantitative estimate of drug-likeness (QED) is 0.785. The van der Waals surface area contributed by atoms with E-state index in [1.165, 1.54) is 0 Å². The zero-order valence-corrected chi connectivity index (χ0v) is 11.5. The fraction of sp³-hybridized carbons (Fsp3) is 0.188. The molecule has 2 aromatic rings. The molecule has 104 valence electrons. The molecule has 4 heteroatoms. The first kappa shape index (κ1) is 13.9. The number of carbonyl (C=O) groups is 1. The molecule has 0 spiro atoms. The Balaban J connectivity index is 2.05. The van der Waals surface area contributed by atoms with Crippen LogP contribution in [0.1, 0.15) is 15.9 Å². The number of hydrogen-bond acceptors (Lipinski definition) is 4. The topological polar surface area (TPSA) is 44.8 Å². The molecule has 4 nitrogen and oxygen atoms in total.